The van der Waals surface area contributed by atoms with Crippen LogP contribution in [0.15, 0.2) is 43.1 Å². The minimum Gasteiger partial charge on any atom is -0.377 e. The number of hydrogen-bond donors (Lipinski definition) is 1. The highest BCUT2D eigenvalue weighted by Gasteiger charge is 2.36. The van der Waals surface area contributed by atoms with Gasteiger partial charge in [-0.25, -0.2) is 0 Å². The summed E-state index contributed by atoms with van der Waals surface area (Å²) in [4.78, 5) is 4.61. The van der Waals surface area contributed by atoms with E-state index in [-0.39, 0.29) is 0 Å². The minimum atomic E-state index is -2.49. The van der Waals surface area contributed by atoms with Crippen molar-refractivity contribution < 1.29 is 13.3 Å². The summed E-state index contributed by atoms with van der Waals surface area (Å²) >= 11 is 0. The highest BCUT2D eigenvalue weighted by molar-refractivity contribution is 6.60. The van der Waals surface area contributed by atoms with Gasteiger partial charge in [0.25, 0.3) is 0 Å². The normalized spacial score (nSPS) is 11.7. The van der Waals surface area contributed by atoms with Gasteiger partial charge in [-0.1, -0.05) is 36.9 Å². The average molecular weight is 382 g/mol. The number of rotatable bonds is 15. The molecular formula is C19H35N3O3Si. The van der Waals surface area contributed by atoms with Crippen LogP contribution in [0.25, 0.3) is 0 Å². The molecule has 0 atom stereocenters. The molecule has 0 aliphatic carbocycles. The molecule has 0 amide bonds. The zero-order valence-electron chi connectivity index (χ0n) is 16.5. The summed E-state index contributed by atoms with van der Waals surface area (Å²) in [7, 11) is 2.47. The van der Waals surface area contributed by atoms with Crippen LogP contribution in [0.4, 0.5) is 0 Å². The lowest BCUT2D eigenvalue weighted by molar-refractivity contribution is 0.121. The van der Waals surface area contributed by atoms with Gasteiger partial charge in [0.1, 0.15) is 0 Å². The van der Waals surface area contributed by atoms with Crippen molar-refractivity contribution in [3.05, 3.63) is 48.7 Å². The van der Waals surface area contributed by atoms with E-state index >= 15 is 0 Å². The van der Waals surface area contributed by atoms with E-state index in [0.717, 1.165) is 45.2 Å². The predicted octanol–water partition coefficient (Wildman–Crippen LogP) is 2.16. The van der Waals surface area contributed by atoms with Gasteiger partial charge in [0.05, 0.1) is 0 Å². The molecular weight excluding hydrogens is 346 g/mol. The van der Waals surface area contributed by atoms with Gasteiger partial charge in [-0.3, -0.25) is 0 Å². The minimum absolute atomic E-state index is 0.647. The molecule has 148 valence electrons. The summed E-state index contributed by atoms with van der Waals surface area (Å²) in [5, 5.41) is 0. The third-order valence-corrected chi connectivity index (χ3v) is 7.36. The second kappa shape index (κ2) is 13.0. The summed E-state index contributed by atoms with van der Waals surface area (Å²) in [6.07, 6.45) is 2.86. The third kappa shape index (κ3) is 7.99. The molecule has 0 aliphatic heterocycles. The lowest BCUT2D eigenvalue weighted by Gasteiger charge is -2.28. The summed E-state index contributed by atoms with van der Waals surface area (Å²) < 4.78 is 16.5. The average Bonchev–Trinajstić information content (AvgIpc) is 2.69. The molecule has 26 heavy (non-hydrogen) atoms. The molecule has 0 unspecified atom stereocenters. The van der Waals surface area contributed by atoms with Crippen molar-refractivity contribution in [2.45, 2.75) is 19.0 Å². The molecule has 6 nitrogen and oxygen atoms in total. The fraction of sp³-hybridized carbons (Fsp3) is 0.579. The fourth-order valence-corrected chi connectivity index (χ4v) is 4.62. The van der Waals surface area contributed by atoms with Gasteiger partial charge in [0.15, 0.2) is 0 Å². The topological polar surface area (TPSA) is 60.2 Å². The smallest absolute Gasteiger partial charge is 0.377 e. The molecule has 0 aliphatic rings. The van der Waals surface area contributed by atoms with Crippen LogP contribution >= 0.6 is 0 Å². The Kier molecular flexibility index (Phi) is 11.4. The Morgan fingerprint density at radius 3 is 2.19 bits per heavy atom. The zero-order chi connectivity index (χ0) is 19.3. The van der Waals surface area contributed by atoms with E-state index < -0.39 is 8.80 Å². The molecule has 0 aromatic heterocycles. The number of benzene rings is 1. The Morgan fingerprint density at radius 1 is 1.00 bits per heavy atom. The highest BCUT2D eigenvalue weighted by Crippen LogP contribution is 2.15. The third-order valence-electron chi connectivity index (χ3n) is 4.53. The van der Waals surface area contributed by atoms with Gasteiger partial charge in [0.2, 0.25) is 0 Å². The summed E-state index contributed by atoms with van der Waals surface area (Å²) in [6.45, 7) is 9.14. The maximum Gasteiger partial charge on any atom is 0.500 e. The zero-order valence-corrected chi connectivity index (χ0v) is 17.5. The Morgan fingerprint density at radius 2 is 1.65 bits per heavy atom. The first-order chi connectivity index (χ1) is 12.6. The van der Waals surface area contributed by atoms with Crippen molar-refractivity contribution >= 4 is 8.80 Å². The van der Waals surface area contributed by atoms with Gasteiger partial charge in [0, 0.05) is 60.1 Å². The van der Waals surface area contributed by atoms with Crippen molar-refractivity contribution in [1.29, 1.82) is 0 Å². The molecule has 0 saturated carbocycles. The number of nitrogens with two attached hydrogens (primary N) is 1. The van der Waals surface area contributed by atoms with E-state index in [4.69, 9.17) is 19.0 Å². The molecule has 7 heteroatoms. The van der Waals surface area contributed by atoms with E-state index in [0.29, 0.717) is 6.54 Å². The van der Waals surface area contributed by atoms with Crippen molar-refractivity contribution in [2.24, 2.45) is 5.73 Å². The van der Waals surface area contributed by atoms with Crippen LogP contribution in [0.1, 0.15) is 12.0 Å². The molecule has 1 aromatic carbocycles. The molecule has 0 bridgehead atoms. The van der Waals surface area contributed by atoms with Crippen molar-refractivity contribution in [1.82, 2.24) is 9.80 Å². The van der Waals surface area contributed by atoms with Crippen molar-refractivity contribution in [2.75, 3.05) is 54.1 Å². The second-order valence-electron chi connectivity index (χ2n) is 6.17. The van der Waals surface area contributed by atoms with E-state index in [1.807, 2.05) is 12.3 Å². The first kappa shape index (κ1) is 22.8. The maximum absolute atomic E-state index is 5.79. The molecule has 2 N–H and O–H groups in total. The summed E-state index contributed by atoms with van der Waals surface area (Å²) in [5.74, 6) is 0. The predicted molar refractivity (Wildman–Crippen MR) is 109 cm³/mol. The van der Waals surface area contributed by atoms with Crippen LogP contribution in [-0.2, 0) is 19.8 Å². The molecule has 0 heterocycles. The van der Waals surface area contributed by atoms with E-state index in [1.165, 1.54) is 5.56 Å². The lowest BCUT2D eigenvalue weighted by atomic mass is 10.2. The lowest BCUT2D eigenvalue weighted by Crippen LogP contribution is -2.44. The van der Waals surface area contributed by atoms with Gasteiger partial charge in [-0.15, -0.1) is 0 Å². The molecule has 0 saturated heterocycles. The Hall–Kier alpha value is -1.22. The van der Waals surface area contributed by atoms with Crippen molar-refractivity contribution in [3.63, 3.8) is 0 Å². The van der Waals surface area contributed by atoms with Crippen LogP contribution in [-0.4, -0.2) is 72.7 Å². The largest absolute Gasteiger partial charge is 0.500 e. The molecule has 0 fully saturated rings. The Bertz CT molecular complexity index is 478. The standard InChI is InChI=1S/C19H35N3O3Si/c1-5-21(18-19-10-7-6-8-11-19)15-16-22(14-12-20)13-9-17-26(23-2,24-3)25-4/h5-8,10-11H,1,9,12-18,20H2,2-4H3. The first-order valence-electron chi connectivity index (χ1n) is 9.11. The van der Waals surface area contributed by atoms with Crippen LogP contribution < -0.4 is 5.73 Å². The summed E-state index contributed by atoms with van der Waals surface area (Å²) in [5.41, 5.74) is 7.07. The Labute approximate surface area is 159 Å². The SMILES string of the molecule is C=CN(CCN(CCN)CCC[Si](OC)(OC)OC)Cc1ccccc1. The molecule has 0 spiro atoms. The van der Waals surface area contributed by atoms with Gasteiger partial charge in [-0.05, 0) is 24.7 Å². The first-order valence-corrected chi connectivity index (χ1v) is 11.0. The van der Waals surface area contributed by atoms with E-state index in [2.05, 4.69) is 40.6 Å². The quantitative estimate of drug-likeness (QED) is 0.470. The van der Waals surface area contributed by atoms with Gasteiger partial charge >= 0.3 is 8.80 Å². The fourth-order valence-electron chi connectivity index (χ4n) is 2.92. The van der Waals surface area contributed by atoms with E-state index in [1.54, 1.807) is 21.3 Å². The van der Waals surface area contributed by atoms with Gasteiger partial charge in [-0.2, -0.15) is 0 Å². The molecule has 1 rings (SSSR count). The Balaban J connectivity index is 2.46. The summed E-state index contributed by atoms with van der Waals surface area (Å²) in [6, 6.07) is 11.2. The van der Waals surface area contributed by atoms with Crippen LogP contribution in [0.5, 0.6) is 0 Å². The highest BCUT2D eigenvalue weighted by atomic mass is 28.4. The maximum atomic E-state index is 5.79. The van der Waals surface area contributed by atoms with E-state index in [9.17, 15) is 0 Å². The second-order valence-corrected chi connectivity index (χ2v) is 9.26. The molecule has 0 radical (unpaired) electrons. The van der Waals surface area contributed by atoms with Gasteiger partial charge < -0.3 is 28.8 Å². The van der Waals surface area contributed by atoms with Crippen LogP contribution in [0, 0.1) is 0 Å². The van der Waals surface area contributed by atoms with Crippen LogP contribution in [0.3, 0.4) is 0 Å². The monoisotopic (exact) mass is 381 g/mol. The number of hydrogen-bond acceptors (Lipinski definition) is 6. The van der Waals surface area contributed by atoms with Crippen LogP contribution in [0.2, 0.25) is 6.04 Å². The number of nitrogens with zero attached hydrogens (tertiary/aromatic N) is 2. The molecule has 1 aromatic rings. The van der Waals surface area contributed by atoms with Crippen molar-refractivity contribution in [3.8, 4) is 0 Å².